The largest absolute Gasteiger partial charge is 0.459 e. The first-order chi connectivity index (χ1) is 10.3. The van der Waals surface area contributed by atoms with Gasteiger partial charge in [-0.25, -0.2) is 4.79 Å². The topological polar surface area (TPSA) is 76.1 Å². The van der Waals surface area contributed by atoms with Crippen molar-refractivity contribution in [3.8, 4) is 0 Å². The Labute approximate surface area is 130 Å². The molecule has 22 heavy (non-hydrogen) atoms. The molecule has 0 radical (unpaired) electrons. The minimum Gasteiger partial charge on any atom is -0.459 e. The zero-order valence-electron chi connectivity index (χ0n) is 13.2. The summed E-state index contributed by atoms with van der Waals surface area (Å²) in [5, 5.41) is 9.01. The van der Waals surface area contributed by atoms with Gasteiger partial charge in [0, 0.05) is 6.54 Å². The number of rotatable bonds is 6. The number of hydrogen-bond donors (Lipinski definition) is 1. The van der Waals surface area contributed by atoms with Crippen molar-refractivity contribution in [2.75, 3.05) is 19.7 Å². The number of carbonyl (C=O) groups is 2. The summed E-state index contributed by atoms with van der Waals surface area (Å²) >= 11 is 0. The van der Waals surface area contributed by atoms with Gasteiger partial charge in [-0.1, -0.05) is 30.3 Å². The number of amides is 1. The summed E-state index contributed by atoms with van der Waals surface area (Å²) < 4.78 is 10.3. The van der Waals surface area contributed by atoms with E-state index in [1.807, 2.05) is 30.3 Å². The summed E-state index contributed by atoms with van der Waals surface area (Å²) in [5.41, 5.74) is 0.215. The lowest BCUT2D eigenvalue weighted by Crippen LogP contribution is -2.40. The monoisotopic (exact) mass is 309 g/mol. The molecule has 0 aliphatic heterocycles. The predicted octanol–water partition coefficient (Wildman–Crippen LogP) is 1.96. The van der Waals surface area contributed by atoms with Gasteiger partial charge in [0.1, 0.15) is 18.8 Å². The highest BCUT2D eigenvalue weighted by Gasteiger charge is 2.22. The molecule has 1 aromatic rings. The normalized spacial score (nSPS) is 10.9. The SMILES string of the molecule is CC(C)(C)OC(=O)CN(CCO)C(=O)OCc1ccccc1. The first-order valence-electron chi connectivity index (χ1n) is 7.10. The van der Waals surface area contributed by atoms with Crippen LogP contribution in [-0.4, -0.2) is 47.4 Å². The number of benzene rings is 1. The Balaban J connectivity index is 2.54. The Hall–Kier alpha value is -2.08. The molecule has 0 saturated carbocycles. The van der Waals surface area contributed by atoms with Crippen molar-refractivity contribution in [3.63, 3.8) is 0 Å². The number of aliphatic hydroxyl groups excluding tert-OH is 1. The molecule has 0 bridgehead atoms. The number of aliphatic hydroxyl groups is 1. The quantitative estimate of drug-likeness (QED) is 0.813. The highest BCUT2D eigenvalue weighted by molar-refractivity contribution is 5.78. The van der Waals surface area contributed by atoms with E-state index >= 15 is 0 Å². The third-order valence-electron chi connectivity index (χ3n) is 2.57. The summed E-state index contributed by atoms with van der Waals surface area (Å²) in [7, 11) is 0. The van der Waals surface area contributed by atoms with Gasteiger partial charge in [-0.05, 0) is 26.3 Å². The van der Waals surface area contributed by atoms with Crippen molar-refractivity contribution in [2.24, 2.45) is 0 Å². The van der Waals surface area contributed by atoms with Gasteiger partial charge in [-0.15, -0.1) is 0 Å². The van der Waals surface area contributed by atoms with Gasteiger partial charge in [0.2, 0.25) is 0 Å². The summed E-state index contributed by atoms with van der Waals surface area (Å²) in [4.78, 5) is 24.9. The first kappa shape index (κ1) is 18.0. The smallest absolute Gasteiger partial charge is 0.410 e. The van der Waals surface area contributed by atoms with Crippen LogP contribution in [0.4, 0.5) is 4.79 Å². The van der Waals surface area contributed by atoms with Crippen molar-refractivity contribution in [1.82, 2.24) is 4.90 Å². The standard InChI is InChI=1S/C16H23NO5/c1-16(2,3)22-14(19)11-17(9-10-18)15(20)21-12-13-7-5-4-6-8-13/h4-8,18H,9-12H2,1-3H3. The van der Waals surface area contributed by atoms with Crippen molar-refractivity contribution in [3.05, 3.63) is 35.9 Å². The maximum absolute atomic E-state index is 12.0. The fourth-order valence-electron chi connectivity index (χ4n) is 1.70. The lowest BCUT2D eigenvalue weighted by atomic mass is 10.2. The second-order valence-corrected chi connectivity index (χ2v) is 5.77. The van der Waals surface area contributed by atoms with E-state index in [9.17, 15) is 9.59 Å². The average Bonchev–Trinajstić information content (AvgIpc) is 2.43. The van der Waals surface area contributed by atoms with E-state index in [2.05, 4.69) is 0 Å². The van der Waals surface area contributed by atoms with Crippen LogP contribution in [0.25, 0.3) is 0 Å². The molecule has 6 nitrogen and oxygen atoms in total. The van der Waals surface area contributed by atoms with Gasteiger partial charge in [0.15, 0.2) is 0 Å². The highest BCUT2D eigenvalue weighted by atomic mass is 16.6. The molecule has 1 rings (SSSR count). The van der Waals surface area contributed by atoms with E-state index < -0.39 is 17.7 Å². The Bertz CT molecular complexity index is 481. The van der Waals surface area contributed by atoms with Crippen LogP contribution < -0.4 is 0 Å². The Morgan fingerprint density at radius 1 is 1.18 bits per heavy atom. The van der Waals surface area contributed by atoms with Gasteiger partial charge >= 0.3 is 12.1 Å². The van der Waals surface area contributed by atoms with E-state index in [4.69, 9.17) is 14.6 Å². The molecular weight excluding hydrogens is 286 g/mol. The van der Waals surface area contributed by atoms with Crippen molar-refractivity contribution in [1.29, 1.82) is 0 Å². The first-order valence-corrected chi connectivity index (χ1v) is 7.10. The van der Waals surface area contributed by atoms with Crippen molar-refractivity contribution >= 4 is 12.1 Å². The molecule has 1 aromatic carbocycles. The molecule has 0 unspecified atom stereocenters. The Kier molecular flexibility index (Phi) is 6.85. The Morgan fingerprint density at radius 2 is 1.82 bits per heavy atom. The lowest BCUT2D eigenvalue weighted by molar-refractivity contribution is -0.155. The molecule has 0 aliphatic carbocycles. The number of nitrogens with zero attached hydrogens (tertiary/aromatic N) is 1. The van der Waals surface area contributed by atoms with Crippen molar-refractivity contribution in [2.45, 2.75) is 33.0 Å². The zero-order valence-corrected chi connectivity index (χ0v) is 13.2. The van der Waals surface area contributed by atoms with Gasteiger partial charge in [0.05, 0.1) is 6.61 Å². The number of ether oxygens (including phenoxy) is 2. The number of hydrogen-bond acceptors (Lipinski definition) is 5. The lowest BCUT2D eigenvalue weighted by Gasteiger charge is -2.24. The second-order valence-electron chi connectivity index (χ2n) is 5.77. The van der Waals surface area contributed by atoms with Crippen LogP contribution in [0.1, 0.15) is 26.3 Å². The summed E-state index contributed by atoms with van der Waals surface area (Å²) in [6.07, 6.45) is -0.663. The maximum atomic E-state index is 12.0. The average molecular weight is 309 g/mol. The minimum atomic E-state index is -0.663. The molecule has 0 heterocycles. The van der Waals surface area contributed by atoms with Crippen LogP contribution >= 0.6 is 0 Å². The number of esters is 1. The van der Waals surface area contributed by atoms with Crippen LogP contribution in [0.5, 0.6) is 0 Å². The molecular formula is C16H23NO5. The van der Waals surface area contributed by atoms with E-state index in [1.165, 1.54) is 0 Å². The van der Waals surface area contributed by atoms with Crippen LogP contribution in [-0.2, 0) is 20.9 Å². The predicted molar refractivity (Wildman–Crippen MR) is 81.1 cm³/mol. The molecule has 1 N–H and O–H groups in total. The van der Waals surface area contributed by atoms with Crippen LogP contribution in [0.15, 0.2) is 30.3 Å². The summed E-state index contributed by atoms with van der Waals surface area (Å²) in [6, 6.07) is 9.21. The molecule has 122 valence electrons. The molecule has 0 fully saturated rings. The molecule has 1 amide bonds. The van der Waals surface area contributed by atoms with Crippen LogP contribution in [0, 0.1) is 0 Å². The minimum absolute atomic E-state index is 0.00681. The molecule has 0 atom stereocenters. The van der Waals surface area contributed by atoms with Crippen molar-refractivity contribution < 1.29 is 24.2 Å². The third kappa shape index (κ3) is 7.08. The Morgan fingerprint density at radius 3 is 2.36 bits per heavy atom. The fraction of sp³-hybridized carbons (Fsp3) is 0.500. The van der Waals surface area contributed by atoms with Gasteiger partial charge in [-0.3, -0.25) is 9.69 Å². The number of carbonyl (C=O) groups excluding carboxylic acids is 2. The molecule has 0 spiro atoms. The fourth-order valence-corrected chi connectivity index (χ4v) is 1.70. The van der Waals surface area contributed by atoms with Crippen LogP contribution in [0.3, 0.4) is 0 Å². The molecule has 0 aliphatic rings. The molecule has 0 aromatic heterocycles. The van der Waals surface area contributed by atoms with E-state index in [0.29, 0.717) is 0 Å². The highest BCUT2D eigenvalue weighted by Crippen LogP contribution is 2.08. The summed E-state index contributed by atoms with van der Waals surface area (Å²) in [5.74, 6) is -0.544. The maximum Gasteiger partial charge on any atom is 0.410 e. The molecule has 0 saturated heterocycles. The second kappa shape index (κ2) is 8.38. The summed E-state index contributed by atoms with van der Waals surface area (Å²) in [6.45, 7) is 4.83. The third-order valence-corrected chi connectivity index (χ3v) is 2.57. The molecule has 6 heteroatoms. The van der Waals surface area contributed by atoms with E-state index in [-0.39, 0.29) is 26.3 Å². The van der Waals surface area contributed by atoms with Gasteiger partial charge in [-0.2, -0.15) is 0 Å². The van der Waals surface area contributed by atoms with E-state index in [0.717, 1.165) is 10.5 Å². The van der Waals surface area contributed by atoms with Gasteiger partial charge in [0.25, 0.3) is 0 Å². The van der Waals surface area contributed by atoms with Crippen LogP contribution in [0.2, 0.25) is 0 Å². The van der Waals surface area contributed by atoms with E-state index in [1.54, 1.807) is 20.8 Å². The van der Waals surface area contributed by atoms with Gasteiger partial charge < -0.3 is 14.6 Å². The zero-order chi connectivity index (χ0) is 16.6.